The van der Waals surface area contributed by atoms with Crippen LogP contribution in [0.5, 0.6) is 5.75 Å². The van der Waals surface area contributed by atoms with E-state index in [1.165, 1.54) is 6.07 Å². The van der Waals surface area contributed by atoms with Gasteiger partial charge in [-0.05, 0) is 25.0 Å². The third kappa shape index (κ3) is 5.03. The summed E-state index contributed by atoms with van der Waals surface area (Å²) in [4.78, 5) is 12.2. The zero-order valence-corrected chi connectivity index (χ0v) is 13.3. The van der Waals surface area contributed by atoms with Gasteiger partial charge in [0.15, 0.2) is 0 Å². The first-order chi connectivity index (χ1) is 11.5. The molecule has 0 aromatic heterocycles. The monoisotopic (exact) mass is 334 g/mol. The van der Waals surface area contributed by atoms with E-state index in [9.17, 15) is 13.6 Å². The van der Waals surface area contributed by atoms with E-state index in [0.717, 1.165) is 5.56 Å². The van der Waals surface area contributed by atoms with Gasteiger partial charge in [0, 0.05) is 5.56 Å². The molecule has 0 saturated carbocycles. The zero-order valence-electron chi connectivity index (χ0n) is 13.3. The molecule has 0 aliphatic rings. The van der Waals surface area contributed by atoms with Crippen molar-refractivity contribution >= 4 is 5.91 Å². The number of hydrogen-bond acceptors (Lipinski definition) is 3. The van der Waals surface area contributed by atoms with Crippen molar-refractivity contribution in [3.8, 4) is 5.75 Å². The maximum atomic E-state index is 12.5. The molecule has 0 heterocycles. The fourth-order valence-electron chi connectivity index (χ4n) is 2.40. The van der Waals surface area contributed by atoms with Gasteiger partial charge in [-0.3, -0.25) is 4.79 Å². The second-order valence-electron chi connectivity index (χ2n) is 5.44. The van der Waals surface area contributed by atoms with Crippen molar-refractivity contribution in [2.45, 2.75) is 32.0 Å². The van der Waals surface area contributed by atoms with Crippen LogP contribution < -0.4 is 15.8 Å². The van der Waals surface area contributed by atoms with E-state index in [2.05, 4.69) is 10.1 Å². The summed E-state index contributed by atoms with van der Waals surface area (Å²) >= 11 is 0. The summed E-state index contributed by atoms with van der Waals surface area (Å²) in [7, 11) is 0. The molecular formula is C18H20F2N2O2. The lowest BCUT2D eigenvalue weighted by atomic mass is 10.0. The predicted octanol–water partition coefficient (Wildman–Crippen LogP) is 3.04. The third-order valence-electron chi connectivity index (χ3n) is 3.60. The number of ether oxygens (including phenoxy) is 1. The number of carbonyl (C=O) groups excluding carboxylic acids is 1. The fourth-order valence-corrected chi connectivity index (χ4v) is 2.40. The summed E-state index contributed by atoms with van der Waals surface area (Å²) in [5.74, 6) is -0.310. The second-order valence-corrected chi connectivity index (χ2v) is 5.44. The summed E-state index contributed by atoms with van der Waals surface area (Å²) in [5.41, 5.74) is 7.35. The van der Waals surface area contributed by atoms with Crippen LogP contribution >= 0.6 is 0 Å². The largest absolute Gasteiger partial charge is 0.434 e. The van der Waals surface area contributed by atoms with Gasteiger partial charge >= 0.3 is 6.61 Å². The number of rotatable bonds is 7. The molecule has 2 aromatic carbocycles. The van der Waals surface area contributed by atoms with Crippen LogP contribution in [0.15, 0.2) is 54.6 Å². The van der Waals surface area contributed by atoms with Crippen LogP contribution in [0.2, 0.25) is 0 Å². The Bertz CT molecular complexity index is 665. The molecule has 3 N–H and O–H groups in total. The van der Waals surface area contributed by atoms with Crippen LogP contribution in [0.25, 0.3) is 0 Å². The first-order valence-corrected chi connectivity index (χ1v) is 7.61. The Morgan fingerprint density at radius 1 is 1.12 bits per heavy atom. The van der Waals surface area contributed by atoms with Crippen LogP contribution in [-0.4, -0.2) is 18.6 Å². The molecule has 2 aromatic rings. The number of benzene rings is 2. The molecule has 0 saturated heterocycles. The average molecular weight is 334 g/mol. The number of hydrogen-bond donors (Lipinski definition) is 2. The molecule has 0 radical (unpaired) electrons. The molecule has 2 atom stereocenters. The summed E-state index contributed by atoms with van der Waals surface area (Å²) in [6, 6.07) is 14.5. The zero-order chi connectivity index (χ0) is 17.5. The summed E-state index contributed by atoms with van der Waals surface area (Å²) in [5, 5.41) is 2.74. The predicted molar refractivity (Wildman–Crippen MR) is 87.8 cm³/mol. The fraction of sp³-hybridized carbons (Fsp3) is 0.278. The van der Waals surface area contributed by atoms with E-state index < -0.39 is 18.7 Å². The van der Waals surface area contributed by atoms with Gasteiger partial charge in [0.2, 0.25) is 5.91 Å². The molecule has 24 heavy (non-hydrogen) atoms. The standard InChI is InChI=1S/C18H20F2N2O2/c1-12(14-9-5-6-10-16(14)24-18(19)20)22-17(23)15(21)11-13-7-3-2-4-8-13/h2-10,12,15,18H,11,21H2,1H3,(H,22,23). The highest BCUT2D eigenvalue weighted by Gasteiger charge is 2.20. The van der Waals surface area contributed by atoms with E-state index >= 15 is 0 Å². The number of para-hydroxylation sites is 1. The molecule has 4 nitrogen and oxygen atoms in total. The van der Waals surface area contributed by atoms with Crippen molar-refractivity contribution in [2.24, 2.45) is 5.73 Å². The smallest absolute Gasteiger partial charge is 0.387 e. The van der Waals surface area contributed by atoms with Gasteiger partial charge in [-0.1, -0.05) is 48.5 Å². The molecule has 0 bridgehead atoms. The van der Waals surface area contributed by atoms with Gasteiger partial charge in [0.25, 0.3) is 0 Å². The van der Waals surface area contributed by atoms with E-state index in [-0.39, 0.29) is 11.7 Å². The van der Waals surface area contributed by atoms with Crippen molar-refractivity contribution in [3.05, 3.63) is 65.7 Å². The SMILES string of the molecule is CC(NC(=O)C(N)Cc1ccccc1)c1ccccc1OC(F)F. The quantitative estimate of drug-likeness (QED) is 0.818. The van der Waals surface area contributed by atoms with Gasteiger partial charge < -0.3 is 15.8 Å². The molecule has 0 aliphatic carbocycles. The van der Waals surface area contributed by atoms with Crippen LogP contribution in [0.3, 0.4) is 0 Å². The number of amides is 1. The van der Waals surface area contributed by atoms with Crippen molar-refractivity contribution in [1.29, 1.82) is 0 Å². The molecule has 1 amide bonds. The minimum atomic E-state index is -2.92. The Morgan fingerprint density at radius 2 is 1.75 bits per heavy atom. The summed E-state index contributed by atoms with van der Waals surface area (Å²) in [6.07, 6.45) is 0.397. The lowest BCUT2D eigenvalue weighted by Crippen LogP contribution is -2.43. The molecule has 2 rings (SSSR count). The summed E-state index contributed by atoms with van der Waals surface area (Å²) < 4.78 is 29.4. The Morgan fingerprint density at radius 3 is 2.42 bits per heavy atom. The van der Waals surface area contributed by atoms with Gasteiger partial charge in [0.1, 0.15) is 5.75 Å². The Kier molecular flexibility index (Phi) is 6.26. The number of alkyl halides is 2. The van der Waals surface area contributed by atoms with Crippen molar-refractivity contribution < 1.29 is 18.3 Å². The van der Waals surface area contributed by atoms with Crippen LogP contribution in [0.1, 0.15) is 24.1 Å². The van der Waals surface area contributed by atoms with E-state index in [1.54, 1.807) is 25.1 Å². The normalized spacial score (nSPS) is 13.4. The number of nitrogens with two attached hydrogens (primary N) is 1. The van der Waals surface area contributed by atoms with Gasteiger partial charge in [0.05, 0.1) is 12.1 Å². The van der Waals surface area contributed by atoms with Crippen molar-refractivity contribution in [3.63, 3.8) is 0 Å². The minimum Gasteiger partial charge on any atom is -0.434 e. The molecule has 6 heteroatoms. The van der Waals surface area contributed by atoms with Gasteiger partial charge in [-0.15, -0.1) is 0 Å². The first-order valence-electron chi connectivity index (χ1n) is 7.61. The summed E-state index contributed by atoms with van der Waals surface area (Å²) in [6.45, 7) is -1.23. The molecular weight excluding hydrogens is 314 g/mol. The minimum absolute atomic E-state index is 0.0388. The number of halogens is 2. The average Bonchev–Trinajstić information content (AvgIpc) is 2.55. The van der Waals surface area contributed by atoms with E-state index in [1.807, 2.05) is 30.3 Å². The lowest BCUT2D eigenvalue weighted by Gasteiger charge is -2.20. The first kappa shape index (κ1) is 17.9. The third-order valence-corrected chi connectivity index (χ3v) is 3.60. The lowest BCUT2D eigenvalue weighted by molar-refractivity contribution is -0.123. The molecule has 0 spiro atoms. The van der Waals surface area contributed by atoms with Crippen molar-refractivity contribution in [1.82, 2.24) is 5.32 Å². The van der Waals surface area contributed by atoms with Crippen LogP contribution in [0, 0.1) is 0 Å². The van der Waals surface area contributed by atoms with E-state index in [0.29, 0.717) is 12.0 Å². The molecule has 2 unspecified atom stereocenters. The number of carbonyl (C=O) groups is 1. The van der Waals surface area contributed by atoms with E-state index in [4.69, 9.17) is 5.73 Å². The Labute approximate surface area is 139 Å². The van der Waals surface area contributed by atoms with Gasteiger partial charge in [-0.2, -0.15) is 8.78 Å². The van der Waals surface area contributed by atoms with Crippen LogP contribution in [-0.2, 0) is 11.2 Å². The number of nitrogens with one attached hydrogen (secondary N) is 1. The molecule has 0 aliphatic heterocycles. The van der Waals surface area contributed by atoms with Crippen molar-refractivity contribution in [2.75, 3.05) is 0 Å². The maximum absolute atomic E-state index is 12.5. The highest BCUT2D eigenvalue weighted by Crippen LogP contribution is 2.26. The molecule has 0 fully saturated rings. The second kappa shape index (κ2) is 8.40. The highest BCUT2D eigenvalue weighted by atomic mass is 19.3. The van der Waals surface area contributed by atoms with Gasteiger partial charge in [-0.25, -0.2) is 0 Å². The highest BCUT2D eigenvalue weighted by molar-refractivity contribution is 5.82. The maximum Gasteiger partial charge on any atom is 0.387 e. The van der Waals surface area contributed by atoms with Crippen LogP contribution in [0.4, 0.5) is 8.78 Å². The Hall–Kier alpha value is -2.47. The molecule has 128 valence electrons. The topological polar surface area (TPSA) is 64.4 Å². The Balaban J connectivity index is 2.01.